The number of benzene rings is 2. The van der Waals surface area contributed by atoms with E-state index >= 15 is 0 Å². The number of nitrogens with two attached hydrogens (primary N) is 1. The summed E-state index contributed by atoms with van der Waals surface area (Å²) in [4.78, 5) is 46.7. The molecule has 5 aromatic rings. The topological polar surface area (TPSA) is 259 Å². The fourth-order valence-corrected chi connectivity index (χ4v) is 10.6. The fourth-order valence-electron chi connectivity index (χ4n) is 8.05. The number of aromatic nitrogens is 5. The lowest BCUT2D eigenvalue weighted by molar-refractivity contribution is 0.0566. The van der Waals surface area contributed by atoms with Gasteiger partial charge in [-0.2, -0.15) is 49.7 Å². The summed E-state index contributed by atoms with van der Waals surface area (Å²) in [5.41, 5.74) is 6.95. The van der Waals surface area contributed by atoms with Gasteiger partial charge in [0, 0.05) is 86.0 Å². The third-order valence-corrected chi connectivity index (χ3v) is 16.5. The summed E-state index contributed by atoms with van der Waals surface area (Å²) in [6.07, 6.45) is 7.80. The molecule has 26 heteroatoms. The van der Waals surface area contributed by atoms with E-state index in [1.165, 1.54) is 24.2 Å². The van der Waals surface area contributed by atoms with Crippen molar-refractivity contribution in [3.63, 3.8) is 0 Å². The lowest BCUT2D eigenvalue weighted by Crippen LogP contribution is -2.53. The average molecular weight is 1110 g/mol. The molecular weight excluding hydrogens is 1050 g/mol. The Balaban J connectivity index is 0.000000199. The number of hydrogen-bond acceptors (Lipinski definition) is 16. The predicted molar refractivity (Wildman–Crippen MR) is 286 cm³/mol. The van der Waals surface area contributed by atoms with Crippen LogP contribution in [0, 0.1) is 10.8 Å². The molecule has 2 aliphatic carbocycles. The largest absolute Gasteiger partial charge is 0.486 e. The average Bonchev–Trinajstić information content (AvgIpc) is 4.29. The second kappa shape index (κ2) is 22.3. The molecule has 404 valence electrons. The number of nitrogens with zero attached hydrogens (tertiary/aromatic N) is 9. The first-order chi connectivity index (χ1) is 35.4. The predicted octanol–water partition coefficient (Wildman–Crippen LogP) is 5.15. The van der Waals surface area contributed by atoms with Gasteiger partial charge in [0.05, 0.1) is 37.0 Å². The first-order valence-electron chi connectivity index (χ1n) is 24.4. The highest BCUT2D eigenvalue weighted by Crippen LogP contribution is 2.46. The van der Waals surface area contributed by atoms with E-state index in [9.17, 15) is 31.2 Å². The Hall–Kier alpha value is -6.02. The lowest BCUT2D eigenvalue weighted by Gasteiger charge is -2.35. The highest BCUT2D eigenvalue weighted by Gasteiger charge is 2.40. The molecule has 0 radical (unpaired) electrons. The molecule has 9 rings (SSSR count). The summed E-state index contributed by atoms with van der Waals surface area (Å²) >= 11 is 12.2. The smallest absolute Gasteiger partial charge is 0.422 e. The van der Waals surface area contributed by atoms with Crippen molar-refractivity contribution in [1.29, 1.82) is 0 Å². The SMILES string of the molecule is CC1(COc2c(N3CCN(S(=O)(=O)NC(=O)OC(C)(C)C)CC3)cnn(-c3cccc(Cl)c3)c2=O)CC1.CC1(COc2c(N3CCN(S(=O)(=O)NCc4ccnc(N)c4)CC3)cnn(-c3cccc(Cl)c3)c2=O)CC1. The molecule has 0 unspecified atom stereocenters. The maximum Gasteiger partial charge on any atom is 0.422 e. The number of ether oxygens (including phenoxy) is 3. The van der Waals surface area contributed by atoms with Crippen LogP contribution in [0.25, 0.3) is 11.4 Å². The van der Waals surface area contributed by atoms with Crippen LogP contribution in [0.4, 0.5) is 22.0 Å². The zero-order chi connectivity index (χ0) is 53.9. The van der Waals surface area contributed by atoms with Gasteiger partial charge in [0.15, 0.2) is 0 Å². The second-order valence-corrected chi connectivity index (χ2v) is 24.9. The molecule has 2 aliphatic heterocycles. The lowest BCUT2D eigenvalue weighted by atomic mass is 10.2. The minimum absolute atomic E-state index is 0.0357. The number of halogens is 2. The number of carbonyl (C=O) groups is 1. The Labute approximate surface area is 446 Å². The summed E-state index contributed by atoms with van der Waals surface area (Å²) in [6, 6.07) is 17.0. The molecule has 2 saturated heterocycles. The molecule has 0 atom stereocenters. The van der Waals surface area contributed by atoms with Crippen LogP contribution in [0.5, 0.6) is 11.5 Å². The van der Waals surface area contributed by atoms with Crippen molar-refractivity contribution in [2.24, 2.45) is 10.8 Å². The molecule has 2 saturated carbocycles. The van der Waals surface area contributed by atoms with Crippen LogP contribution in [-0.4, -0.2) is 127 Å². The van der Waals surface area contributed by atoms with E-state index in [0.29, 0.717) is 64.9 Å². The highest BCUT2D eigenvalue weighted by atomic mass is 35.5. The third-order valence-electron chi connectivity index (χ3n) is 13.0. The van der Waals surface area contributed by atoms with Gasteiger partial charge in [-0.25, -0.2) is 14.5 Å². The van der Waals surface area contributed by atoms with Gasteiger partial charge in [0.25, 0.3) is 10.2 Å². The number of hydrogen-bond donors (Lipinski definition) is 3. The van der Waals surface area contributed by atoms with E-state index in [4.69, 9.17) is 43.1 Å². The molecule has 5 heterocycles. The molecule has 4 aliphatic rings. The number of pyridine rings is 1. The molecule has 0 spiro atoms. The number of amides is 1. The number of nitrogens with one attached hydrogen (secondary N) is 2. The van der Waals surface area contributed by atoms with Gasteiger partial charge in [-0.15, -0.1) is 0 Å². The molecule has 3 aromatic heterocycles. The Morgan fingerprint density at radius 2 is 1.15 bits per heavy atom. The maximum atomic E-state index is 13.5. The fraction of sp³-hybridized carbons (Fsp3) is 0.469. The Morgan fingerprint density at radius 3 is 1.56 bits per heavy atom. The standard InChI is InChI=1S/C25H30ClN7O4S.C24H32ClN5O6S/c1-25(6-7-25)17-37-23-21(16-29-33(24(23)34)20-4-2-3-19(26)14-20)31-9-11-32(12-10-31)38(35,36)30-15-18-5-8-28-22(27)13-18;1-23(2,3)36-22(32)27-37(33,34)29-12-10-28(11-13-29)19-15-26-30(18-7-5-6-17(25)14-18)21(31)20(19)35-16-24(4)8-9-24/h2-5,8,13-14,16,30H,6-7,9-12,15,17H2,1H3,(H2,27,28);5-7,14-15H,8-13,16H2,1-4H3,(H,27,32). The van der Waals surface area contributed by atoms with Crippen LogP contribution in [0.3, 0.4) is 0 Å². The van der Waals surface area contributed by atoms with Crippen molar-refractivity contribution in [2.75, 3.05) is 81.1 Å². The van der Waals surface area contributed by atoms with Crippen molar-refractivity contribution in [2.45, 2.75) is 72.4 Å². The summed E-state index contributed by atoms with van der Waals surface area (Å²) in [7, 11) is -7.81. The molecule has 2 aromatic carbocycles. The highest BCUT2D eigenvalue weighted by molar-refractivity contribution is 7.87. The first kappa shape index (κ1) is 55.2. The number of nitrogen functional groups attached to an aromatic ring is 1. The van der Waals surface area contributed by atoms with E-state index in [1.54, 1.807) is 93.8 Å². The van der Waals surface area contributed by atoms with E-state index < -0.39 is 37.7 Å². The van der Waals surface area contributed by atoms with Gasteiger partial charge in [0.1, 0.15) is 22.8 Å². The molecular formula is C49H62Cl2N12O10S2. The van der Waals surface area contributed by atoms with Crippen molar-refractivity contribution in [1.82, 2.24) is 42.6 Å². The van der Waals surface area contributed by atoms with Gasteiger partial charge in [-0.1, -0.05) is 49.2 Å². The van der Waals surface area contributed by atoms with Crippen LogP contribution in [0.1, 0.15) is 65.9 Å². The van der Waals surface area contributed by atoms with Crippen LogP contribution >= 0.6 is 23.2 Å². The number of carbonyl (C=O) groups excluding carboxylic acids is 1. The number of anilines is 3. The van der Waals surface area contributed by atoms with Crippen LogP contribution in [0.15, 0.2) is 88.8 Å². The second-order valence-electron chi connectivity index (χ2n) is 20.6. The first-order valence-corrected chi connectivity index (χ1v) is 28.0. The quantitative estimate of drug-likeness (QED) is 0.115. The molecule has 4 N–H and O–H groups in total. The molecule has 0 bridgehead atoms. The zero-order valence-electron chi connectivity index (χ0n) is 42.4. The van der Waals surface area contributed by atoms with Crippen molar-refractivity contribution in [3.8, 4) is 22.9 Å². The summed E-state index contributed by atoms with van der Waals surface area (Å²) in [5, 5.41) is 9.70. The summed E-state index contributed by atoms with van der Waals surface area (Å²) in [6.45, 7) is 12.0. The van der Waals surface area contributed by atoms with Gasteiger partial charge in [-0.05, 0) is 101 Å². The summed E-state index contributed by atoms with van der Waals surface area (Å²) in [5.74, 6) is 0.694. The Kier molecular flexibility index (Phi) is 16.4. The van der Waals surface area contributed by atoms with Crippen molar-refractivity contribution < 1.29 is 35.8 Å². The number of piperazine rings is 2. The van der Waals surface area contributed by atoms with E-state index in [-0.39, 0.29) is 73.7 Å². The van der Waals surface area contributed by atoms with Gasteiger partial charge in [0.2, 0.25) is 11.5 Å². The Bertz CT molecular complexity index is 3240. The number of rotatable bonds is 16. The minimum atomic E-state index is -4.09. The van der Waals surface area contributed by atoms with Crippen molar-refractivity contribution >= 4 is 66.9 Å². The maximum absolute atomic E-state index is 13.5. The minimum Gasteiger partial charge on any atom is -0.486 e. The monoisotopic (exact) mass is 1110 g/mol. The van der Waals surface area contributed by atoms with Gasteiger partial charge < -0.3 is 29.7 Å². The summed E-state index contributed by atoms with van der Waals surface area (Å²) < 4.78 is 78.1. The molecule has 75 heavy (non-hydrogen) atoms. The van der Waals surface area contributed by atoms with Crippen molar-refractivity contribution in [3.05, 3.63) is 116 Å². The normalized spacial score (nSPS) is 17.6. The molecule has 1 amide bonds. The zero-order valence-corrected chi connectivity index (χ0v) is 45.5. The Morgan fingerprint density at radius 1 is 0.693 bits per heavy atom. The van der Waals surface area contributed by atoms with Crippen LogP contribution < -0.4 is 45.6 Å². The van der Waals surface area contributed by atoms with E-state index in [1.807, 2.05) is 14.5 Å². The third kappa shape index (κ3) is 14.3. The van der Waals surface area contributed by atoms with Crippen LogP contribution in [0.2, 0.25) is 10.0 Å². The molecule has 4 fully saturated rings. The van der Waals surface area contributed by atoms with Gasteiger partial charge >= 0.3 is 27.4 Å². The van der Waals surface area contributed by atoms with E-state index in [2.05, 4.69) is 33.8 Å². The molecule has 22 nitrogen and oxygen atoms in total. The van der Waals surface area contributed by atoms with E-state index in [0.717, 1.165) is 31.2 Å². The van der Waals surface area contributed by atoms with Crippen LogP contribution in [-0.2, 0) is 31.7 Å². The van der Waals surface area contributed by atoms with Gasteiger partial charge in [-0.3, -0.25) is 9.59 Å².